The van der Waals surface area contributed by atoms with Crippen molar-refractivity contribution >= 4 is 17.3 Å². The number of benzene rings is 1. The number of nitrogens with two attached hydrogens (primary N) is 1. The van der Waals surface area contributed by atoms with E-state index in [4.69, 9.17) is 10.5 Å². The van der Waals surface area contributed by atoms with E-state index in [1.807, 2.05) is 12.1 Å². The van der Waals surface area contributed by atoms with E-state index in [0.29, 0.717) is 24.4 Å². The van der Waals surface area contributed by atoms with Gasteiger partial charge in [0, 0.05) is 6.61 Å². The second-order valence-corrected chi connectivity index (χ2v) is 4.91. The minimum Gasteiger partial charge on any atom is -0.397 e. The maximum absolute atomic E-state index is 11.7. The molecule has 0 bridgehead atoms. The van der Waals surface area contributed by atoms with Crippen LogP contribution in [0.15, 0.2) is 24.3 Å². The zero-order valence-corrected chi connectivity index (χ0v) is 12.4. The number of carbonyl (C=O) groups excluding carboxylic acids is 1. The minimum absolute atomic E-state index is 0.0612. The highest BCUT2D eigenvalue weighted by Gasteiger charge is 2.04. The van der Waals surface area contributed by atoms with Crippen LogP contribution in [0, 0.1) is 0 Å². The molecule has 0 heterocycles. The molecule has 0 atom stereocenters. The van der Waals surface area contributed by atoms with E-state index < -0.39 is 0 Å². The SMILES string of the molecule is CCCCCCCOCCC(=O)Nc1ccccc1N. The lowest BCUT2D eigenvalue weighted by Crippen LogP contribution is -2.15. The van der Waals surface area contributed by atoms with Crippen LogP contribution in [0.1, 0.15) is 45.4 Å². The molecule has 0 saturated carbocycles. The highest BCUT2D eigenvalue weighted by atomic mass is 16.5. The number of hydrogen-bond acceptors (Lipinski definition) is 3. The van der Waals surface area contributed by atoms with Crippen LogP contribution in [0.3, 0.4) is 0 Å². The first kappa shape index (κ1) is 16.5. The summed E-state index contributed by atoms with van der Waals surface area (Å²) >= 11 is 0. The summed E-state index contributed by atoms with van der Waals surface area (Å²) in [6, 6.07) is 7.25. The Kier molecular flexibility index (Phi) is 8.47. The monoisotopic (exact) mass is 278 g/mol. The maximum atomic E-state index is 11.7. The van der Waals surface area contributed by atoms with Crippen molar-refractivity contribution in [2.75, 3.05) is 24.3 Å². The molecule has 0 aliphatic rings. The second kappa shape index (κ2) is 10.3. The Bertz CT molecular complexity index is 394. The van der Waals surface area contributed by atoms with Crippen molar-refractivity contribution in [3.8, 4) is 0 Å². The number of anilines is 2. The number of hydrogen-bond donors (Lipinski definition) is 2. The van der Waals surface area contributed by atoms with Crippen molar-refractivity contribution in [1.82, 2.24) is 0 Å². The number of carbonyl (C=O) groups is 1. The fraction of sp³-hybridized carbons (Fsp3) is 0.562. The predicted octanol–water partition coefficient (Wildman–Crippen LogP) is 3.58. The molecule has 0 fully saturated rings. The first-order valence-electron chi connectivity index (χ1n) is 7.46. The van der Waals surface area contributed by atoms with Crippen LogP contribution in [0.5, 0.6) is 0 Å². The van der Waals surface area contributed by atoms with E-state index in [-0.39, 0.29) is 5.91 Å². The summed E-state index contributed by atoms with van der Waals surface area (Å²) in [5.74, 6) is -0.0612. The summed E-state index contributed by atoms with van der Waals surface area (Å²) < 4.78 is 5.46. The molecule has 0 spiro atoms. The molecule has 1 rings (SSSR count). The standard InChI is InChI=1S/C16H26N2O2/c1-2-3-4-5-8-12-20-13-11-16(19)18-15-10-7-6-9-14(15)17/h6-7,9-10H,2-5,8,11-13,17H2,1H3,(H,18,19). The Morgan fingerprint density at radius 2 is 1.90 bits per heavy atom. The van der Waals surface area contributed by atoms with Gasteiger partial charge in [-0.05, 0) is 18.6 Å². The van der Waals surface area contributed by atoms with Crippen LogP contribution in [-0.2, 0) is 9.53 Å². The Labute approximate surface area is 121 Å². The normalized spacial score (nSPS) is 10.4. The molecule has 3 N–H and O–H groups in total. The fourth-order valence-electron chi connectivity index (χ4n) is 1.90. The van der Waals surface area contributed by atoms with Gasteiger partial charge >= 0.3 is 0 Å². The summed E-state index contributed by atoms with van der Waals surface area (Å²) in [6.07, 6.45) is 6.47. The Morgan fingerprint density at radius 1 is 1.15 bits per heavy atom. The number of amides is 1. The second-order valence-electron chi connectivity index (χ2n) is 4.91. The van der Waals surface area contributed by atoms with Gasteiger partial charge in [0.2, 0.25) is 5.91 Å². The van der Waals surface area contributed by atoms with Gasteiger partial charge in [-0.2, -0.15) is 0 Å². The van der Waals surface area contributed by atoms with Gasteiger partial charge in [-0.3, -0.25) is 4.79 Å². The van der Waals surface area contributed by atoms with Gasteiger partial charge in [0.1, 0.15) is 0 Å². The number of nitrogens with one attached hydrogen (secondary N) is 1. The molecule has 4 heteroatoms. The number of ether oxygens (including phenoxy) is 1. The zero-order chi connectivity index (χ0) is 14.6. The Balaban J connectivity index is 2.05. The topological polar surface area (TPSA) is 64.3 Å². The molecule has 1 amide bonds. The highest BCUT2D eigenvalue weighted by Crippen LogP contribution is 2.16. The largest absolute Gasteiger partial charge is 0.397 e. The molecular formula is C16H26N2O2. The number of unbranched alkanes of at least 4 members (excludes halogenated alkanes) is 4. The van der Waals surface area contributed by atoms with E-state index in [0.717, 1.165) is 13.0 Å². The van der Waals surface area contributed by atoms with Crippen molar-refractivity contribution in [2.45, 2.75) is 45.4 Å². The summed E-state index contributed by atoms with van der Waals surface area (Å²) in [6.45, 7) is 3.41. The van der Waals surface area contributed by atoms with Gasteiger partial charge in [-0.15, -0.1) is 0 Å². The maximum Gasteiger partial charge on any atom is 0.226 e. The summed E-state index contributed by atoms with van der Waals surface area (Å²) in [4.78, 5) is 11.7. The van der Waals surface area contributed by atoms with Crippen molar-refractivity contribution in [1.29, 1.82) is 0 Å². The molecule has 0 aliphatic carbocycles. The lowest BCUT2D eigenvalue weighted by atomic mass is 10.2. The average molecular weight is 278 g/mol. The molecule has 0 unspecified atom stereocenters. The highest BCUT2D eigenvalue weighted by molar-refractivity contribution is 5.93. The van der Waals surface area contributed by atoms with Crippen LogP contribution in [0.4, 0.5) is 11.4 Å². The number of para-hydroxylation sites is 2. The third-order valence-electron chi connectivity index (χ3n) is 3.10. The third kappa shape index (κ3) is 7.14. The summed E-state index contributed by atoms with van der Waals surface area (Å²) in [5, 5.41) is 2.79. The van der Waals surface area contributed by atoms with Gasteiger partial charge in [0.25, 0.3) is 0 Å². The summed E-state index contributed by atoms with van der Waals surface area (Å²) in [7, 11) is 0. The predicted molar refractivity (Wildman–Crippen MR) is 83.7 cm³/mol. The van der Waals surface area contributed by atoms with Gasteiger partial charge in [0.05, 0.1) is 24.4 Å². The lowest BCUT2D eigenvalue weighted by molar-refractivity contribution is -0.117. The van der Waals surface area contributed by atoms with Crippen molar-refractivity contribution in [3.63, 3.8) is 0 Å². The molecule has 4 nitrogen and oxygen atoms in total. The molecule has 112 valence electrons. The van der Waals surface area contributed by atoms with Crippen LogP contribution < -0.4 is 11.1 Å². The van der Waals surface area contributed by atoms with Crippen molar-refractivity contribution in [3.05, 3.63) is 24.3 Å². The van der Waals surface area contributed by atoms with Crippen LogP contribution in [-0.4, -0.2) is 19.1 Å². The third-order valence-corrected chi connectivity index (χ3v) is 3.10. The van der Waals surface area contributed by atoms with E-state index in [9.17, 15) is 4.79 Å². The minimum atomic E-state index is -0.0612. The van der Waals surface area contributed by atoms with Crippen LogP contribution >= 0.6 is 0 Å². The van der Waals surface area contributed by atoms with Gasteiger partial charge < -0.3 is 15.8 Å². The first-order valence-corrected chi connectivity index (χ1v) is 7.46. The zero-order valence-electron chi connectivity index (χ0n) is 12.4. The molecule has 0 radical (unpaired) electrons. The van der Waals surface area contributed by atoms with Gasteiger partial charge in [-0.25, -0.2) is 0 Å². The van der Waals surface area contributed by atoms with Crippen LogP contribution in [0.2, 0.25) is 0 Å². The van der Waals surface area contributed by atoms with E-state index in [1.54, 1.807) is 12.1 Å². The number of nitrogen functional groups attached to an aromatic ring is 1. The van der Waals surface area contributed by atoms with Crippen molar-refractivity contribution < 1.29 is 9.53 Å². The Hall–Kier alpha value is -1.55. The Morgan fingerprint density at radius 3 is 2.65 bits per heavy atom. The molecule has 0 aromatic heterocycles. The molecule has 1 aromatic rings. The fourth-order valence-corrected chi connectivity index (χ4v) is 1.90. The average Bonchev–Trinajstić information content (AvgIpc) is 2.44. The van der Waals surface area contributed by atoms with Crippen molar-refractivity contribution in [2.24, 2.45) is 0 Å². The first-order chi connectivity index (χ1) is 9.74. The molecule has 0 aliphatic heterocycles. The quantitative estimate of drug-likeness (QED) is 0.508. The molecule has 0 saturated heterocycles. The lowest BCUT2D eigenvalue weighted by Gasteiger charge is -2.08. The molecule has 20 heavy (non-hydrogen) atoms. The molecular weight excluding hydrogens is 252 g/mol. The molecule has 1 aromatic carbocycles. The van der Waals surface area contributed by atoms with Gasteiger partial charge in [0.15, 0.2) is 0 Å². The van der Waals surface area contributed by atoms with E-state index in [1.165, 1.54) is 25.7 Å². The van der Waals surface area contributed by atoms with Gasteiger partial charge in [-0.1, -0.05) is 44.7 Å². The number of rotatable bonds is 10. The van der Waals surface area contributed by atoms with E-state index in [2.05, 4.69) is 12.2 Å². The smallest absolute Gasteiger partial charge is 0.226 e. The summed E-state index contributed by atoms with van der Waals surface area (Å²) in [5.41, 5.74) is 7.00. The van der Waals surface area contributed by atoms with Crippen LogP contribution in [0.25, 0.3) is 0 Å². The van der Waals surface area contributed by atoms with E-state index >= 15 is 0 Å².